The first-order chi connectivity index (χ1) is 22.6. The maximum Gasteiger partial charge on any atom is 0.407 e. The molecule has 250 valence electrons. The van der Waals surface area contributed by atoms with Crippen LogP contribution in [0.4, 0.5) is 25.0 Å². The van der Waals surface area contributed by atoms with Crippen LogP contribution in [-0.4, -0.2) is 76.1 Å². The Morgan fingerprint density at radius 3 is 2.38 bits per heavy atom. The van der Waals surface area contributed by atoms with Gasteiger partial charge in [0.2, 0.25) is 11.4 Å². The molecule has 0 saturated heterocycles. The maximum atomic E-state index is 13.7. The number of ether oxygens (including phenoxy) is 2. The predicted molar refractivity (Wildman–Crippen MR) is 161 cm³/mol. The van der Waals surface area contributed by atoms with E-state index in [1.165, 1.54) is 24.3 Å². The highest BCUT2D eigenvalue weighted by Crippen LogP contribution is 2.57. The Labute approximate surface area is 267 Å². The molecule has 2 heterocycles. The fraction of sp³-hybridized carbons (Fsp3) is 0.548. The molecule has 0 radical (unpaired) electrons. The van der Waals surface area contributed by atoms with Gasteiger partial charge in [0, 0.05) is 36.8 Å². The Morgan fingerprint density at radius 1 is 1.00 bits per heavy atom. The van der Waals surface area contributed by atoms with Crippen molar-refractivity contribution in [2.45, 2.75) is 62.7 Å². The van der Waals surface area contributed by atoms with Crippen molar-refractivity contribution in [1.29, 1.82) is 0 Å². The molecule has 5 aliphatic rings. The third-order valence-corrected chi connectivity index (χ3v) is 9.97. The smallest absolute Gasteiger partial charge is 0.407 e. The van der Waals surface area contributed by atoms with Crippen LogP contribution in [0.1, 0.15) is 49.7 Å². The minimum atomic E-state index is -0.907. The number of halogens is 2. The number of hydrogen-bond acceptors (Lipinski definition) is 11. The summed E-state index contributed by atoms with van der Waals surface area (Å²) in [5.74, 6) is -1.07. The summed E-state index contributed by atoms with van der Waals surface area (Å²) < 4.78 is 43.1. The zero-order valence-corrected chi connectivity index (χ0v) is 25.6. The lowest BCUT2D eigenvalue weighted by molar-refractivity contribution is -0.383. The Kier molecular flexibility index (Phi) is 8.16. The average molecular weight is 656 g/mol. The summed E-state index contributed by atoms with van der Waals surface area (Å²) in [5, 5.41) is 28.3. The normalized spacial score (nSPS) is 25.6. The summed E-state index contributed by atoms with van der Waals surface area (Å²) in [5.41, 5.74) is 1.21. The van der Waals surface area contributed by atoms with Crippen LogP contribution in [0.15, 0.2) is 28.9 Å². The molecule has 1 aliphatic heterocycles. The van der Waals surface area contributed by atoms with Crippen LogP contribution in [0, 0.1) is 33.6 Å². The average Bonchev–Trinajstić information content (AvgIpc) is 3.66. The fourth-order valence-electron chi connectivity index (χ4n) is 8.51. The molecule has 0 spiro atoms. The molecule has 1 aromatic heterocycles. The molecule has 2 aromatic carbocycles. The van der Waals surface area contributed by atoms with Crippen LogP contribution in [-0.2, 0) is 27.4 Å². The summed E-state index contributed by atoms with van der Waals surface area (Å²) in [6.45, 7) is 1.54. The van der Waals surface area contributed by atoms with Gasteiger partial charge in [0.1, 0.15) is 6.61 Å². The molecule has 4 saturated carbocycles. The second-order valence-electron chi connectivity index (χ2n) is 13.3. The van der Waals surface area contributed by atoms with E-state index in [9.17, 15) is 28.5 Å². The van der Waals surface area contributed by atoms with Crippen molar-refractivity contribution in [3.05, 3.63) is 57.1 Å². The number of benzene rings is 2. The van der Waals surface area contributed by atoms with Crippen molar-refractivity contribution >= 4 is 34.4 Å². The molecule has 3 N–H and O–H groups in total. The van der Waals surface area contributed by atoms with Gasteiger partial charge in [-0.3, -0.25) is 14.9 Å². The highest BCUT2D eigenvalue weighted by molar-refractivity contribution is 5.93. The molecule has 8 rings (SSSR count). The number of rotatable bonds is 12. The van der Waals surface area contributed by atoms with E-state index in [2.05, 4.69) is 30.9 Å². The summed E-state index contributed by atoms with van der Waals surface area (Å²) in [4.78, 5) is 38.2. The number of anilines is 1. The number of amides is 2. The molecule has 4 bridgehead atoms. The monoisotopic (exact) mass is 655 g/mol. The van der Waals surface area contributed by atoms with Gasteiger partial charge in [-0.1, -0.05) is 0 Å². The van der Waals surface area contributed by atoms with Crippen LogP contribution in [0.3, 0.4) is 0 Å². The van der Waals surface area contributed by atoms with E-state index in [-0.39, 0.29) is 67.6 Å². The second-order valence-corrected chi connectivity index (χ2v) is 13.3. The first kappa shape index (κ1) is 31.2. The number of carbonyl (C=O) groups excluding carboxylic acids is 2. The number of non-ortho nitro benzene ring substituents is 1. The van der Waals surface area contributed by atoms with Crippen LogP contribution in [0.2, 0.25) is 0 Å². The lowest BCUT2D eigenvalue weighted by atomic mass is 9.50. The summed E-state index contributed by atoms with van der Waals surface area (Å²) in [7, 11) is 0. The molecular formula is C31H35F2N7O7. The van der Waals surface area contributed by atoms with Gasteiger partial charge in [-0.2, -0.15) is 0 Å². The molecule has 4 aliphatic carbocycles. The number of fused-ring (bicyclic) bond motifs is 2. The van der Waals surface area contributed by atoms with Gasteiger partial charge in [-0.25, -0.2) is 18.2 Å². The van der Waals surface area contributed by atoms with Crippen LogP contribution >= 0.6 is 0 Å². The predicted octanol–water partition coefficient (Wildman–Crippen LogP) is 3.79. The molecule has 3 aromatic rings. The van der Waals surface area contributed by atoms with E-state index in [4.69, 9.17) is 9.47 Å². The standard InChI is InChI=1S/C31H35F2N7O7/c32-22-8-20-15-39(16-21(20)9-23(22)33)26(41)14-35-30-10-18-7-19(11-30)13-31(12-18,17-30)36-29(42)46-6-5-45-4-3-34-24-1-2-25(40(43)44)28-27(24)37-47-38-28/h1-2,8-9,18-19,34-35H,3-7,10-17H2,(H,36,42). The van der Waals surface area contributed by atoms with Gasteiger partial charge in [0.25, 0.3) is 0 Å². The molecule has 47 heavy (non-hydrogen) atoms. The fourth-order valence-corrected chi connectivity index (χ4v) is 8.51. The molecule has 4 fully saturated rings. The van der Waals surface area contributed by atoms with Crippen molar-refractivity contribution in [1.82, 2.24) is 25.8 Å². The molecule has 14 nitrogen and oxygen atoms in total. The van der Waals surface area contributed by atoms with Gasteiger partial charge in [-0.05, 0) is 90.0 Å². The zero-order chi connectivity index (χ0) is 32.8. The largest absolute Gasteiger partial charge is 0.447 e. The number of nitrogens with zero attached hydrogens (tertiary/aromatic N) is 4. The number of aromatic nitrogens is 2. The Hall–Kier alpha value is -4.44. The van der Waals surface area contributed by atoms with Crippen molar-refractivity contribution in [3.63, 3.8) is 0 Å². The summed E-state index contributed by atoms with van der Waals surface area (Å²) in [6.07, 6.45) is 4.92. The minimum absolute atomic E-state index is 0.0561. The van der Waals surface area contributed by atoms with Crippen molar-refractivity contribution in [2.24, 2.45) is 11.8 Å². The Balaban J connectivity index is 0.850. The van der Waals surface area contributed by atoms with Gasteiger partial charge in [-0.15, -0.1) is 0 Å². The number of nitro groups is 1. The van der Waals surface area contributed by atoms with Crippen LogP contribution in [0.5, 0.6) is 0 Å². The lowest BCUT2D eigenvalue weighted by Crippen LogP contribution is -2.69. The Bertz CT molecular complexity index is 1670. The van der Waals surface area contributed by atoms with Gasteiger partial charge < -0.3 is 30.3 Å². The van der Waals surface area contributed by atoms with E-state index in [1.807, 2.05) is 0 Å². The van der Waals surface area contributed by atoms with E-state index < -0.39 is 28.2 Å². The molecular weight excluding hydrogens is 620 g/mol. The van der Waals surface area contributed by atoms with Crippen LogP contribution < -0.4 is 16.0 Å². The minimum Gasteiger partial charge on any atom is -0.447 e. The number of carbonyl (C=O) groups is 2. The lowest BCUT2D eigenvalue weighted by Gasteiger charge is -2.62. The first-order valence-corrected chi connectivity index (χ1v) is 15.8. The van der Waals surface area contributed by atoms with Gasteiger partial charge in [0.15, 0.2) is 17.2 Å². The third-order valence-electron chi connectivity index (χ3n) is 9.97. The SMILES string of the molecule is O=C(NC12CC3CC(CC(NCC(=O)N4Cc5cc(F)c(F)cc5C4)(C3)C1)C2)OCCOCCNc1ccc([N+](=O)[O-])c2nonc12. The van der Waals surface area contributed by atoms with E-state index in [0.29, 0.717) is 41.6 Å². The maximum absolute atomic E-state index is 13.7. The van der Waals surface area contributed by atoms with Crippen molar-refractivity contribution < 1.29 is 37.4 Å². The topological polar surface area (TPSA) is 174 Å². The number of nitrogens with one attached hydrogen (secondary N) is 3. The molecule has 2 unspecified atom stereocenters. The van der Waals surface area contributed by atoms with Crippen LogP contribution in [0.25, 0.3) is 11.0 Å². The number of hydrogen-bond donors (Lipinski definition) is 3. The van der Waals surface area contributed by atoms with E-state index in [1.54, 1.807) is 4.90 Å². The summed E-state index contributed by atoms with van der Waals surface area (Å²) >= 11 is 0. The van der Waals surface area contributed by atoms with Crippen molar-refractivity contribution in [3.8, 4) is 0 Å². The second kappa shape index (κ2) is 12.3. The quantitative estimate of drug-likeness (QED) is 0.147. The zero-order valence-electron chi connectivity index (χ0n) is 25.6. The van der Waals surface area contributed by atoms with Crippen molar-refractivity contribution in [2.75, 3.05) is 38.2 Å². The summed E-state index contributed by atoms with van der Waals surface area (Å²) in [6, 6.07) is 5.19. The van der Waals surface area contributed by atoms with Gasteiger partial charge in [0.05, 0.1) is 30.4 Å². The Morgan fingerprint density at radius 2 is 1.68 bits per heavy atom. The molecule has 2 atom stereocenters. The first-order valence-electron chi connectivity index (χ1n) is 15.8. The van der Waals surface area contributed by atoms with Gasteiger partial charge >= 0.3 is 11.8 Å². The number of alkyl carbamates (subject to hydrolysis) is 1. The molecule has 16 heteroatoms. The molecule has 2 amide bonds. The van der Waals surface area contributed by atoms with E-state index >= 15 is 0 Å². The number of nitro benzene ring substituents is 1. The highest BCUT2D eigenvalue weighted by atomic mass is 19.2. The van der Waals surface area contributed by atoms with E-state index in [0.717, 1.165) is 32.1 Å². The highest BCUT2D eigenvalue weighted by Gasteiger charge is 2.58. The third kappa shape index (κ3) is 6.31.